The molecule has 1 aliphatic heterocycles. The van der Waals surface area contributed by atoms with Crippen LogP contribution in [0.25, 0.3) is 22.0 Å². The Morgan fingerprint density at radius 1 is 1.08 bits per heavy atom. The Morgan fingerprint density at radius 2 is 1.88 bits per heavy atom. The van der Waals surface area contributed by atoms with Gasteiger partial charge in [-0.3, -0.25) is 4.79 Å². The van der Waals surface area contributed by atoms with Gasteiger partial charge < -0.3 is 20.7 Å². The molecule has 1 aliphatic rings. The van der Waals surface area contributed by atoms with Crippen molar-refractivity contribution in [1.29, 1.82) is 0 Å². The molecule has 2 aromatic carbocycles. The second-order valence-electron chi connectivity index (χ2n) is 6.11. The Morgan fingerprint density at radius 3 is 2.69 bits per heavy atom. The highest BCUT2D eigenvalue weighted by atomic mass is 16.5. The number of hydrogen-bond acceptors (Lipinski definition) is 6. The molecule has 2 heterocycles. The summed E-state index contributed by atoms with van der Waals surface area (Å²) in [6.45, 7) is 3.31. The molecule has 4 rings (SSSR count). The average molecular weight is 349 g/mol. The smallest absolute Gasteiger partial charge is 0.212 e. The fourth-order valence-corrected chi connectivity index (χ4v) is 3.17. The van der Waals surface area contributed by atoms with E-state index in [2.05, 4.69) is 44.7 Å². The zero-order valence-corrected chi connectivity index (χ0v) is 14.2. The highest BCUT2D eigenvalue weighted by Crippen LogP contribution is 2.30. The third-order valence-electron chi connectivity index (χ3n) is 4.55. The fourth-order valence-electron chi connectivity index (χ4n) is 3.17. The minimum absolute atomic E-state index is 0.273. The zero-order chi connectivity index (χ0) is 17.9. The van der Waals surface area contributed by atoms with Gasteiger partial charge in [-0.25, -0.2) is 0 Å². The summed E-state index contributed by atoms with van der Waals surface area (Å²) in [7, 11) is 0. The Labute approximate surface area is 150 Å². The summed E-state index contributed by atoms with van der Waals surface area (Å²) in [4.78, 5) is 12.9. The average Bonchev–Trinajstić information content (AvgIpc) is 2.71. The number of ether oxygens (including phenoxy) is 1. The normalized spacial score (nSPS) is 14.4. The van der Waals surface area contributed by atoms with Gasteiger partial charge in [-0.05, 0) is 35.4 Å². The highest BCUT2D eigenvalue weighted by Gasteiger charge is 2.13. The summed E-state index contributed by atoms with van der Waals surface area (Å²) in [5.74, 6) is 0.273. The van der Waals surface area contributed by atoms with Crippen molar-refractivity contribution in [2.45, 2.75) is 0 Å². The molecule has 0 radical (unpaired) electrons. The molecule has 0 aliphatic carbocycles. The molecule has 0 unspecified atom stereocenters. The minimum atomic E-state index is 0.273. The molecule has 3 aromatic rings. The van der Waals surface area contributed by atoms with E-state index < -0.39 is 0 Å². The molecule has 1 amide bonds. The predicted octanol–water partition coefficient (Wildman–Crippen LogP) is 2.28. The van der Waals surface area contributed by atoms with E-state index in [1.54, 1.807) is 0 Å². The predicted molar refractivity (Wildman–Crippen MR) is 102 cm³/mol. The van der Waals surface area contributed by atoms with E-state index in [0.717, 1.165) is 42.8 Å². The van der Waals surface area contributed by atoms with Gasteiger partial charge in [0.15, 0.2) is 5.82 Å². The minimum Gasteiger partial charge on any atom is -0.395 e. The number of nitrogens with two attached hydrogens (primary N) is 1. The lowest BCUT2D eigenvalue weighted by atomic mass is 10.0. The van der Waals surface area contributed by atoms with Crippen LogP contribution in [0.3, 0.4) is 0 Å². The molecule has 3 N–H and O–H groups in total. The van der Waals surface area contributed by atoms with Crippen molar-refractivity contribution in [3.8, 4) is 11.1 Å². The molecule has 1 saturated heterocycles. The SMILES string of the molecule is Nc1c(NC=O)nnc2cc(-c3cccc(N4CCOCC4)c3)ccc12. The van der Waals surface area contributed by atoms with Crippen LogP contribution in [0.4, 0.5) is 17.2 Å². The molecule has 0 atom stereocenters. The van der Waals surface area contributed by atoms with Crippen LogP contribution in [0.15, 0.2) is 42.5 Å². The van der Waals surface area contributed by atoms with Crippen LogP contribution in [0.2, 0.25) is 0 Å². The number of nitrogens with one attached hydrogen (secondary N) is 1. The summed E-state index contributed by atoms with van der Waals surface area (Å²) < 4.78 is 5.43. The fraction of sp³-hybridized carbons (Fsp3) is 0.211. The van der Waals surface area contributed by atoms with E-state index in [9.17, 15) is 4.79 Å². The molecule has 132 valence electrons. The number of benzene rings is 2. The Kier molecular flexibility index (Phi) is 4.37. The number of nitrogen functional groups attached to an aromatic ring is 1. The highest BCUT2D eigenvalue weighted by molar-refractivity contribution is 5.98. The van der Waals surface area contributed by atoms with Crippen LogP contribution in [0.1, 0.15) is 0 Å². The number of morpholine rings is 1. The van der Waals surface area contributed by atoms with Crippen molar-refractivity contribution in [3.05, 3.63) is 42.5 Å². The van der Waals surface area contributed by atoms with Gasteiger partial charge in [0.1, 0.15) is 0 Å². The van der Waals surface area contributed by atoms with Gasteiger partial charge in [-0.15, -0.1) is 10.2 Å². The second-order valence-corrected chi connectivity index (χ2v) is 6.11. The first kappa shape index (κ1) is 16.3. The number of fused-ring (bicyclic) bond motifs is 1. The van der Waals surface area contributed by atoms with E-state index in [1.165, 1.54) is 5.69 Å². The van der Waals surface area contributed by atoms with E-state index in [1.807, 2.05) is 18.2 Å². The molecule has 1 fully saturated rings. The Bertz CT molecular complexity index is 954. The van der Waals surface area contributed by atoms with Crippen LogP contribution in [-0.2, 0) is 9.53 Å². The van der Waals surface area contributed by atoms with Crippen molar-refractivity contribution in [1.82, 2.24) is 10.2 Å². The standard InChI is InChI=1S/C19H19N5O2/c20-18-16-5-4-14(11-17(16)22-23-19(18)21-12-25)13-2-1-3-15(10-13)24-6-8-26-9-7-24/h1-5,10-12H,6-9H2,(H2,20,22)(H,21,23,25). The molecule has 0 spiro atoms. The van der Waals surface area contributed by atoms with E-state index in [-0.39, 0.29) is 5.82 Å². The molecule has 0 bridgehead atoms. The number of hydrogen-bond donors (Lipinski definition) is 2. The van der Waals surface area contributed by atoms with Gasteiger partial charge in [0, 0.05) is 24.2 Å². The van der Waals surface area contributed by atoms with Crippen LogP contribution >= 0.6 is 0 Å². The monoisotopic (exact) mass is 349 g/mol. The van der Waals surface area contributed by atoms with E-state index in [0.29, 0.717) is 17.6 Å². The maximum atomic E-state index is 10.6. The lowest BCUT2D eigenvalue weighted by Gasteiger charge is -2.29. The third kappa shape index (κ3) is 3.04. The second kappa shape index (κ2) is 6.97. The number of rotatable bonds is 4. The van der Waals surface area contributed by atoms with Crippen molar-refractivity contribution in [2.75, 3.05) is 42.3 Å². The molecule has 7 nitrogen and oxygen atoms in total. The van der Waals surface area contributed by atoms with Gasteiger partial charge in [0.2, 0.25) is 6.41 Å². The summed E-state index contributed by atoms with van der Waals surface area (Å²) >= 11 is 0. The molecule has 26 heavy (non-hydrogen) atoms. The summed E-state index contributed by atoms with van der Waals surface area (Å²) in [5.41, 5.74) is 10.5. The summed E-state index contributed by atoms with van der Waals surface area (Å²) in [5, 5.41) is 11.4. The van der Waals surface area contributed by atoms with Crippen molar-refractivity contribution in [2.24, 2.45) is 0 Å². The molecular weight excluding hydrogens is 330 g/mol. The van der Waals surface area contributed by atoms with Gasteiger partial charge >= 0.3 is 0 Å². The van der Waals surface area contributed by atoms with Crippen molar-refractivity contribution >= 4 is 34.5 Å². The number of nitrogens with zero attached hydrogens (tertiary/aromatic N) is 3. The lowest BCUT2D eigenvalue weighted by Crippen LogP contribution is -2.36. The Hall–Kier alpha value is -3.19. The van der Waals surface area contributed by atoms with Crippen molar-refractivity contribution < 1.29 is 9.53 Å². The van der Waals surface area contributed by atoms with Crippen LogP contribution in [-0.4, -0.2) is 42.9 Å². The van der Waals surface area contributed by atoms with Crippen molar-refractivity contribution in [3.63, 3.8) is 0 Å². The van der Waals surface area contributed by atoms with E-state index in [4.69, 9.17) is 10.5 Å². The van der Waals surface area contributed by atoms with Crippen LogP contribution < -0.4 is 16.0 Å². The zero-order valence-electron chi connectivity index (χ0n) is 14.2. The largest absolute Gasteiger partial charge is 0.395 e. The van der Waals surface area contributed by atoms with Gasteiger partial charge in [0.05, 0.1) is 24.4 Å². The molecular formula is C19H19N5O2. The van der Waals surface area contributed by atoms with Crippen LogP contribution in [0, 0.1) is 0 Å². The molecule has 1 aromatic heterocycles. The molecule has 7 heteroatoms. The van der Waals surface area contributed by atoms with Gasteiger partial charge in [-0.2, -0.15) is 0 Å². The quantitative estimate of drug-likeness (QED) is 0.702. The van der Waals surface area contributed by atoms with Crippen LogP contribution in [0.5, 0.6) is 0 Å². The topological polar surface area (TPSA) is 93.4 Å². The van der Waals surface area contributed by atoms with Gasteiger partial charge in [0.25, 0.3) is 0 Å². The number of aromatic nitrogens is 2. The number of anilines is 3. The first-order valence-corrected chi connectivity index (χ1v) is 8.45. The van der Waals surface area contributed by atoms with E-state index >= 15 is 0 Å². The Balaban J connectivity index is 1.70. The number of amides is 1. The first-order valence-electron chi connectivity index (χ1n) is 8.45. The summed E-state index contributed by atoms with van der Waals surface area (Å²) in [6, 6.07) is 14.3. The third-order valence-corrected chi connectivity index (χ3v) is 4.55. The summed E-state index contributed by atoms with van der Waals surface area (Å²) in [6.07, 6.45) is 0.539. The molecule has 0 saturated carbocycles. The lowest BCUT2D eigenvalue weighted by molar-refractivity contribution is -0.105. The first-order chi connectivity index (χ1) is 12.8. The van der Waals surface area contributed by atoms with Gasteiger partial charge in [-0.1, -0.05) is 18.2 Å². The number of carbonyl (C=O) groups excluding carboxylic acids is 1. The maximum Gasteiger partial charge on any atom is 0.212 e. The maximum absolute atomic E-state index is 10.6. The number of carbonyl (C=O) groups is 1.